The van der Waals surface area contributed by atoms with Gasteiger partial charge in [-0.3, -0.25) is 9.59 Å². The Morgan fingerprint density at radius 1 is 1.11 bits per heavy atom. The molecule has 8 heteroatoms. The summed E-state index contributed by atoms with van der Waals surface area (Å²) in [6.45, 7) is -0.108. The Morgan fingerprint density at radius 2 is 1.89 bits per heavy atom. The molecule has 3 rings (SSSR count). The van der Waals surface area contributed by atoms with E-state index < -0.39 is 5.91 Å². The number of para-hydroxylation sites is 1. The number of amides is 2. The second kappa shape index (κ2) is 8.72. The first-order valence-electron chi connectivity index (χ1n) is 8.54. The Kier molecular flexibility index (Phi) is 5.91. The quantitative estimate of drug-likeness (QED) is 0.656. The number of ether oxygens (including phenoxy) is 2. The number of carbonyl (C=O) groups is 2. The van der Waals surface area contributed by atoms with E-state index >= 15 is 0 Å². The molecule has 0 unspecified atom stereocenters. The van der Waals surface area contributed by atoms with E-state index in [1.807, 2.05) is 30.3 Å². The Hall–Kier alpha value is -3.81. The van der Waals surface area contributed by atoms with Gasteiger partial charge in [0.05, 0.1) is 19.0 Å². The lowest BCUT2D eigenvalue weighted by Crippen LogP contribution is -2.24. The normalized spacial score (nSPS) is 10.2. The first-order chi connectivity index (χ1) is 13.6. The molecule has 0 bridgehead atoms. The van der Waals surface area contributed by atoms with Crippen molar-refractivity contribution >= 4 is 17.5 Å². The fourth-order valence-electron chi connectivity index (χ4n) is 2.45. The zero-order valence-electron chi connectivity index (χ0n) is 15.5. The molecule has 144 valence electrons. The molecule has 0 aliphatic carbocycles. The van der Waals surface area contributed by atoms with Gasteiger partial charge in [-0.15, -0.1) is 0 Å². The van der Waals surface area contributed by atoms with Gasteiger partial charge in [-0.05, 0) is 24.3 Å². The third kappa shape index (κ3) is 4.47. The van der Waals surface area contributed by atoms with Crippen molar-refractivity contribution in [1.82, 2.24) is 15.1 Å². The summed E-state index contributed by atoms with van der Waals surface area (Å²) in [7, 11) is 3.01. The Labute approximate surface area is 162 Å². The minimum absolute atomic E-state index is 0.108. The molecule has 2 N–H and O–H groups in total. The molecule has 3 aromatic rings. The molecule has 2 amide bonds. The van der Waals surface area contributed by atoms with Crippen LogP contribution in [0.1, 0.15) is 10.5 Å². The van der Waals surface area contributed by atoms with Gasteiger partial charge in [0.15, 0.2) is 18.1 Å². The van der Waals surface area contributed by atoms with Crippen molar-refractivity contribution < 1.29 is 19.1 Å². The number of aromatic nitrogens is 2. The van der Waals surface area contributed by atoms with Gasteiger partial charge >= 0.3 is 0 Å². The van der Waals surface area contributed by atoms with E-state index in [-0.39, 0.29) is 18.2 Å². The summed E-state index contributed by atoms with van der Waals surface area (Å²) in [4.78, 5) is 24.0. The maximum Gasteiger partial charge on any atom is 0.280 e. The molecule has 1 heterocycles. The second-order valence-electron chi connectivity index (χ2n) is 5.77. The maximum atomic E-state index is 12.7. The standard InChI is InChI=1S/C20H20N4O4/c1-21-18(25)13-28-16-10-6-7-14(11-16)22-20(26)19-17(27-2)12-24(23-19)15-8-4-3-5-9-15/h3-12H,13H2,1-2H3,(H,21,25)(H,22,26). The highest BCUT2D eigenvalue weighted by atomic mass is 16.5. The summed E-state index contributed by atoms with van der Waals surface area (Å²) < 4.78 is 12.3. The number of nitrogens with zero attached hydrogens (tertiary/aromatic N) is 2. The van der Waals surface area contributed by atoms with Crippen LogP contribution in [-0.2, 0) is 4.79 Å². The van der Waals surface area contributed by atoms with E-state index in [0.717, 1.165) is 5.69 Å². The minimum Gasteiger partial charge on any atom is -0.493 e. The number of nitrogens with one attached hydrogen (secondary N) is 2. The van der Waals surface area contributed by atoms with E-state index in [0.29, 0.717) is 17.2 Å². The topological polar surface area (TPSA) is 94.5 Å². The summed E-state index contributed by atoms with van der Waals surface area (Å²) in [5.74, 6) is 0.150. The predicted molar refractivity (Wildman–Crippen MR) is 104 cm³/mol. The van der Waals surface area contributed by atoms with Crippen molar-refractivity contribution in [2.75, 3.05) is 26.1 Å². The Morgan fingerprint density at radius 3 is 2.61 bits per heavy atom. The van der Waals surface area contributed by atoms with Crippen LogP contribution >= 0.6 is 0 Å². The van der Waals surface area contributed by atoms with Crippen LogP contribution in [-0.4, -0.2) is 42.4 Å². The molecule has 0 aliphatic heterocycles. The average molecular weight is 380 g/mol. The van der Waals surface area contributed by atoms with E-state index in [1.54, 1.807) is 35.1 Å². The van der Waals surface area contributed by atoms with E-state index in [9.17, 15) is 9.59 Å². The summed E-state index contributed by atoms with van der Waals surface area (Å²) in [6, 6.07) is 16.2. The molecule has 2 aromatic carbocycles. The molecular weight excluding hydrogens is 360 g/mol. The molecule has 1 aromatic heterocycles. The molecule has 0 radical (unpaired) electrons. The monoisotopic (exact) mass is 380 g/mol. The van der Waals surface area contributed by atoms with Crippen molar-refractivity contribution in [2.45, 2.75) is 0 Å². The van der Waals surface area contributed by atoms with E-state index in [1.165, 1.54) is 14.2 Å². The van der Waals surface area contributed by atoms with Crippen molar-refractivity contribution in [3.05, 3.63) is 66.5 Å². The highest BCUT2D eigenvalue weighted by Gasteiger charge is 2.18. The lowest BCUT2D eigenvalue weighted by molar-refractivity contribution is -0.122. The molecule has 28 heavy (non-hydrogen) atoms. The number of anilines is 1. The molecule has 0 fully saturated rings. The van der Waals surface area contributed by atoms with Crippen molar-refractivity contribution in [1.29, 1.82) is 0 Å². The molecule has 0 saturated carbocycles. The fraction of sp³-hybridized carbons (Fsp3) is 0.150. The SMILES string of the molecule is CNC(=O)COc1cccc(NC(=O)c2nn(-c3ccccc3)cc2OC)c1. The number of carbonyl (C=O) groups excluding carboxylic acids is 2. The highest BCUT2D eigenvalue weighted by Crippen LogP contribution is 2.22. The lowest BCUT2D eigenvalue weighted by Gasteiger charge is -2.08. The van der Waals surface area contributed by atoms with Crippen LogP contribution in [0.2, 0.25) is 0 Å². The van der Waals surface area contributed by atoms with Gasteiger partial charge in [-0.1, -0.05) is 24.3 Å². The first-order valence-corrected chi connectivity index (χ1v) is 8.54. The number of rotatable bonds is 7. The zero-order chi connectivity index (χ0) is 19.9. The Balaban J connectivity index is 1.76. The maximum absolute atomic E-state index is 12.7. The summed E-state index contributed by atoms with van der Waals surface area (Å²) in [5, 5.41) is 9.57. The van der Waals surface area contributed by atoms with Crippen LogP contribution in [0.4, 0.5) is 5.69 Å². The molecule has 0 saturated heterocycles. The van der Waals surface area contributed by atoms with Gasteiger partial charge in [-0.2, -0.15) is 5.10 Å². The predicted octanol–water partition coefficient (Wildman–Crippen LogP) is 2.26. The van der Waals surface area contributed by atoms with Crippen LogP contribution < -0.4 is 20.1 Å². The number of likely N-dealkylation sites (N-methyl/N-ethyl adjacent to an activating group) is 1. The van der Waals surface area contributed by atoms with Gasteiger partial charge in [0, 0.05) is 18.8 Å². The zero-order valence-corrected chi connectivity index (χ0v) is 15.5. The van der Waals surface area contributed by atoms with Gasteiger partial charge in [0.25, 0.3) is 11.8 Å². The first kappa shape index (κ1) is 19.0. The molecule has 0 aliphatic rings. The molecule has 0 atom stereocenters. The van der Waals surface area contributed by atoms with E-state index in [2.05, 4.69) is 15.7 Å². The smallest absolute Gasteiger partial charge is 0.280 e. The molecular formula is C20H20N4O4. The molecule has 0 spiro atoms. The highest BCUT2D eigenvalue weighted by molar-refractivity contribution is 6.04. The van der Waals surface area contributed by atoms with Crippen molar-refractivity contribution in [3.8, 4) is 17.2 Å². The number of benzene rings is 2. The summed E-state index contributed by atoms with van der Waals surface area (Å²) >= 11 is 0. The van der Waals surface area contributed by atoms with Gasteiger partial charge in [0.2, 0.25) is 0 Å². The lowest BCUT2D eigenvalue weighted by atomic mass is 10.3. The largest absolute Gasteiger partial charge is 0.493 e. The van der Waals surface area contributed by atoms with Crippen LogP contribution in [0.3, 0.4) is 0 Å². The van der Waals surface area contributed by atoms with E-state index in [4.69, 9.17) is 9.47 Å². The number of methoxy groups -OCH3 is 1. The van der Waals surface area contributed by atoms with Crippen LogP contribution in [0.5, 0.6) is 11.5 Å². The van der Waals surface area contributed by atoms with Crippen LogP contribution in [0, 0.1) is 0 Å². The summed E-state index contributed by atoms with van der Waals surface area (Å²) in [5.41, 5.74) is 1.48. The van der Waals surface area contributed by atoms with Gasteiger partial charge in [-0.25, -0.2) is 4.68 Å². The van der Waals surface area contributed by atoms with Crippen molar-refractivity contribution in [2.24, 2.45) is 0 Å². The Bertz CT molecular complexity index is 969. The van der Waals surface area contributed by atoms with Gasteiger partial charge < -0.3 is 20.1 Å². The number of hydrogen-bond acceptors (Lipinski definition) is 5. The number of hydrogen-bond donors (Lipinski definition) is 2. The van der Waals surface area contributed by atoms with Crippen molar-refractivity contribution in [3.63, 3.8) is 0 Å². The third-order valence-corrected chi connectivity index (χ3v) is 3.88. The minimum atomic E-state index is -0.421. The van der Waals surface area contributed by atoms with Gasteiger partial charge in [0.1, 0.15) is 5.75 Å². The van der Waals surface area contributed by atoms with Crippen LogP contribution in [0.25, 0.3) is 5.69 Å². The molecule has 8 nitrogen and oxygen atoms in total. The van der Waals surface area contributed by atoms with Crippen LogP contribution in [0.15, 0.2) is 60.8 Å². The fourth-order valence-corrected chi connectivity index (χ4v) is 2.45. The second-order valence-corrected chi connectivity index (χ2v) is 5.77. The average Bonchev–Trinajstić information content (AvgIpc) is 3.17. The summed E-state index contributed by atoms with van der Waals surface area (Å²) in [6.07, 6.45) is 1.65. The third-order valence-electron chi connectivity index (χ3n) is 3.88.